The van der Waals surface area contributed by atoms with Gasteiger partial charge in [0, 0.05) is 6.54 Å². The Morgan fingerprint density at radius 3 is 2.94 bits per heavy atom. The molecule has 0 saturated heterocycles. The predicted octanol–water partition coefficient (Wildman–Crippen LogP) is 2.18. The standard InChI is InChI=1S/C11H13N3O2/c1-3-12-11-13-10(14-16-11)8-6-4-5-7-9(8)15-2/h4-7H,3H2,1-2H3,(H,12,13,14). The molecule has 0 atom stereocenters. The number of para-hydroxylation sites is 1. The van der Waals surface area contributed by atoms with Gasteiger partial charge in [0.05, 0.1) is 12.7 Å². The summed E-state index contributed by atoms with van der Waals surface area (Å²) in [6.07, 6.45) is 0. The van der Waals surface area contributed by atoms with Crippen molar-refractivity contribution in [1.29, 1.82) is 0 Å². The van der Waals surface area contributed by atoms with Crippen molar-refractivity contribution in [3.8, 4) is 17.1 Å². The summed E-state index contributed by atoms with van der Waals surface area (Å²) in [6, 6.07) is 7.97. The molecule has 0 bridgehead atoms. The van der Waals surface area contributed by atoms with Crippen LogP contribution in [-0.2, 0) is 0 Å². The van der Waals surface area contributed by atoms with Crippen LogP contribution < -0.4 is 10.1 Å². The molecule has 0 fully saturated rings. The van der Waals surface area contributed by atoms with Gasteiger partial charge in [-0.2, -0.15) is 4.98 Å². The molecule has 0 aliphatic rings. The highest BCUT2D eigenvalue weighted by atomic mass is 16.5. The van der Waals surface area contributed by atoms with E-state index in [1.54, 1.807) is 7.11 Å². The molecule has 84 valence electrons. The number of hydrogen-bond acceptors (Lipinski definition) is 5. The summed E-state index contributed by atoms with van der Waals surface area (Å²) in [5.41, 5.74) is 0.818. The van der Waals surface area contributed by atoms with Crippen LogP contribution in [-0.4, -0.2) is 23.8 Å². The summed E-state index contributed by atoms with van der Waals surface area (Å²) in [5.74, 6) is 1.25. The number of nitrogens with one attached hydrogen (secondary N) is 1. The lowest BCUT2D eigenvalue weighted by molar-refractivity contribution is 0.413. The van der Waals surface area contributed by atoms with Crippen molar-refractivity contribution in [2.24, 2.45) is 0 Å². The second-order valence-electron chi connectivity index (χ2n) is 3.15. The molecular formula is C11H13N3O2. The maximum atomic E-state index is 5.23. The lowest BCUT2D eigenvalue weighted by Crippen LogP contribution is -1.96. The van der Waals surface area contributed by atoms with Crippen LogP contribution in [0.1, 0.15) is 6.92 Å². The largest absolute Gasteiger partial charge is 0.496 e. The monoisotopic (exact) mass is 219 g/mol. The van der Waals surface area contributed by atoms with Gasteiger partial charge < -0.3 is 14.6 Å². The van der Waals surface area contributed by atoms with Crippen LogP contribution >= 0.6 is 0 Å². The molecule has 5 nitrogen and oxygen atoms in total. The molecule has 1 heterocycles. The highest BCUT2D eigenvalue weighted by Crippen LogP contribution is 2.27. The third-order valence-corrected chi connectivity index (χ3v) is 2.10. The Labute approximate surface area is 93.4 Å². The zero-order valence-corrected chi connectivity index (χ0v) is 9.23. The molecule has 1 N–H and O–H groups in total. The van der Waals surface area contributed by atoms with E-state index in [0.29, 0.717) is 11.8 Å². The van der Waals surface area contributed by atoms with Crippen molar-refractivity contribution in [3.63, 3.8) is 0 Å². The van der Waals surface area contributed by atoms with Gasteiger partial charge in [-0.05, 0) is 19.1 Å². The molecule has 2 rings (SSSR count). The molecule has 1 aromatic heterocycles. The van der Waals surface area contributed by atoms with Gasteiger partial charge in [-0.15, -0.1) is 0 Å². The highest BCUT2D eigenvalue weighted by Gasteiger charge is 2.11. The van der Waals surface area contributed by atoms with Crippen LogP contribution in [0.2, 0.25) is 0 Å². The minimum Gasteiger partial charge on any atom is -0.496 e. The maximum absolute atomic E-state index is 5.23. The minimum absolute atomic E-state index is 0.420. The van der Waals surface area contributed by atoms with Crippen molar-refractivity contribution in [1.82, 2.24) is 10.1 Å². The van der Waals surface area contributed by atoms with E-state index in [1.807, 2.05) is 31.2 Å². The summed E-state index contributed by atoms with van der Waals surface area (Å²) in [4.78, 5) is 4.21. The van der Waals surface area contributed by atoms with Gasteiger partial charge >= 0.3 is 6.01 Å². The molecule has 0 unspecified atom stereocenters. The van der Waals surface area contributed by atoms with Gasteiger partial charge in [0.1, 0.15) is 5.75 Å². The average Bonchev–Trinajstić information content (AvgIpc) is 2.78. The van der Waals surface area contributed by atoms with Crippen molar-refractivity contribution in [3.05, 3.63) is 24.3 Å². The van der Waals surface area contributed by atoms with Crippen LogP contribution in [0.15, 0.2) is 28.8 Å². The lowest BCUT2D eigenvalue weighted by atomic mass is 10.2. The third kappa shape index (κ3) is 1.98. The Balaban J connectivity index is 2.34. The van der Waals surface area contributed by atoms with Gasteiger partial charge in [0.25, 0.3) is 0 Å². The molecule has 0 aliphatic carbocycles. The average molecular weight is 219 g/mol. The van der Waals surface area contributed by atoms with E-state index in [1.165, 1.54) is 0 Å². The predicted molar refractivity (Wildman–Crippen MR) is 60.4 cm³/mol. The Bertz CT molecular complexity index is 468. The normalized spacial score (nSPS) is 10.1. The fraction of sp³-hybridized carbons (Fsp3) is 0.273. The molecule has 16 heavy (non-hydrogen) atoms. The van der Waals surface area contributed by atoms with Gasteiger partial charge in [0.15, 0.2) is 0 Å². The number of hydrogen-bond donors (Lipinski definition) is 1. The topological polar surface area (TPSA) is 60.2 Å². The van der Waals surface area contributed by atoms with E-state index in [4.69, 9.17) is 9.26 Å². The third-order valence-electron chi connectivity index (χ3n) is 2.10. The van der Waals surface area contributed by atoms with Gasteiger partial charge in [-0.1, -0.05) is 17.3 Å². The summed E-state index contributed by atoms with van der Waals surface area (Å²) in [6.45, 7) is 2.71. The number of methoxy groups -OCH3 is 1. The molecule has 0 spiro atoms. The Morgan fingerprint density at radius 1 is 1.38 bits per heavy atom. The van der Waals surface area contributed by atoms with Crippen LogP contribution in [0.3, 0.4) is 0 Å². The quantitative estimate of drug-likeness (QED) is 0.853. The van der Waals surface area contributed by atoms with Gasteiger partial charge in [0.2, 0.25) is 5.82 Å². The minimum atomic E-state index is 0.420. The van der Waals surface area contributed by atoms with Crippen LogP contribution in [0.4, 0.5) is 6.01 Å². The maximum Gasteiger partial charge on any atom is 0.321 e. The second kappa shape index (κ2) is 4.65. The zero-order chi connectivity index (χ0) is 11.4. The van der Waals surface area contributed by atoms with E-state index in [9.17, 15) is 0 Å². The first-order valence-electron chi connectivity index (χ1n) is 5.06. The van der Waals surface area contributed by atoms with E-state index < -0.39 is 0 Å². The molecule has 0 radical (unpaired) electrons. The summed E-state index contributed by atoms with van der Waals surface area (Å²) in [5, 5.41) is 6.84. The number of anilines is 1. The van der Waals surface area contributed by atoms with Crippen LogP contribution in [0.5, 0.6) is 5.75 Å². The molecule has 0 aliphatic heterocycles. The van der Waals surface area contributed by atoms with E-state index in [0.717, 1.165) is 17.9 Å². The summed E-state index contributed by atoms with van der Waals surface area (Å²) < 4.78 is 10.3. The molecular weight excluding hydrogens is 206 g/mol. The fourth-order valence-corrected chi connectivity index (χ4v) is 1.39. The van der Waals surface area contributed by atoms with Crippen molar-refractivity contribution in [2.45, 2.75) is 6.92 Å². The summed E-state index contributed by atoms with van der Waals surface area (Å²) >= 11 is 0. The first-order valence-corrected chi connectivity index (χ1v) is 5.06. The van der Waals surface area contributed by atoms with Crippen LogP contribution in [0, 0.1) is 0 Å². The van der Waals surface area contributed by atoms with E-state index in [2.05, 4.69) is 15.5 Å². The van der Waals surface area contributed by atoms with Crippen molar-refractivity contribution >= 4 is 6.01 Å². The van der Waals surface area contributed by atoms with Crippen molar-refractivity contribution in [2.75, 3.05) is 19.0 Å². The first kappa shape index (κ1) is 10.5. The second-order valence-corrected chi connectivity index (χ2v) is 3.15. The number of nitrogens with zero attached hydrogens (tertiary/aromatic N) is 2. The zero-order valence-electron chi connectivity index (χ0n) is 9.23. The van der Waals surface area contributed by atoms with E-state index >= 15 is 0 Å². The number of benzene rings is 1. The molecule has 5 heteroatoms. The number of ether oxygens (including phenoxy) is 1. The summed E-state index contributed by atoms with van der Waals surface area (Å²) in [7, 11) is 1.62. The Kier molecular flexibility index (Phi) is 3.05. The van der Waals surface area contributed by atoms with Crippen molar-refractivity contribution < 1.29 is 9.26 Å². The Hall–Kier alpha value is -2.04. The molecule has 0 amide bonds. The van der Waals surface area contributed by atoms with Gasteiger partial charge in [-0.25, -0.2) is 0 Å². The SMILES string of the molecule is CCNc1nc(-c2ccccc2OC)no1. The number of aromatic nitrogens is 2. The van der Waals surface area contributed by atoms with E-state index in [-0.39, 0.29) is 0 Å². The number of rotatable bonds is 4. The Morgan fingerprint density at radius 2 is 2.19 bits per heavy atom. The molecule has 0 saturated carbocycles. The molecule has 2 aromatic rings. The lowest BCUT2D eigenvalue weighted by Gasteiger charge is -2.02. The smallest absolute Gasteiger partial charge is 0.321 e. The highest BCUT2D eigenvalue weighted by molar-refractivity contribution is 5.64. The first-order chi connectivity index (χ1) is 7.85. The van der Waals surface area contributed by atoms with Crippen LogP contribution in [0.25, 0.3) is 11.4 Å². The molecule has 1 aromatic carbocycles. The van der Waals surface area contributed by atoms with Gasteiger partial charge in [-0.3, -0.25) is 0 Å². The fourth-order valence-electron chi connectivity index (χ4n) is 1.39.